The molecule has 0 aliphatic heterocycles. The Kier molecular flexibility index (Phi) is 5.14. The van der Waals surface area contributed by atoms with Gasteiger partial charge >= 0.3 is 0 Å². The van der Waals surface area contributed by atoms with Gasteiger partial charge in [-0.3, -0.25) is 0 Å². The van der Waals surface area contributed by atoms with Crippen LogP contribution in [0.15, 0.2) is 0 Å². The van der Waals surface area contributed by atoms with E-state index in [4.69, 9.17) is 6.42 Å². The van der Waals surface area contributed by atoms with Crippen LogP contribution in [0.4, 0.5) is 0 Å². The summed E-state index contributed by atoms with van der Waals surface area (Å²) in [5.74, 6) is 2.43. The lowest BCUT2D eigenvalue weighted by Gasteiger charge is -1.83. The minimum Gasteiger partial charge on any atom is -0.236 e. The third kappa shape index (κ3) is 5.52. The van der Waals surface area contributed by atoms with Crippen molar-refractivity contribution in [3.63, 3.8) is 0 Å². The minimum atomic E-state index is -0.109. The Morgan fingerprint density at radius 3 is 2.86 bits per heavy atom. The summed E-state index contributed by atoms with van der Waals surface area (Å²) >= 11 is 0. The third-order valence-corrected chi connectivity index (χ3v) is 0.611. The molecule has 0 aliphatic rings. The molecule has 7 heavy (non-hydrogen) atoms. The van der Waals surface area contributed by atoms with Crippen molar-refractivity contribution in [2.75, 3.05) is 6.61 Å². The van der Waals surface area contributed by atoms with Gasteiger partial charge in [-0.25, -0.2) is 5.11 Å². The quantitative estimate of drug-likeness (QED) is 0.369. The minimum absolute atomic E-state index is 0.109. The first-order chi connectivity index (χ1) is 3.41. The Labute approximate surface area is 44.4 Å². The molecule has 0 aromatic rings. The molecule has 0 amide bonds. The van der Waals surface area contributed by atoms with Crippen LogP contribution in [-0.2, 0) is 5.11 Å². The maximum Gasteiger partial charge on any atom is 0.0854 e. The van der Waals surface area contributed by atoms with E-state index in [0.29, 0.717) is 6.42 Å². The molecule has 1 heteroatoms. The number of hydrogen-bond acceptors (Lipinski definition) is 0. The molecule has 0 spiro atoms. The average molecular weight is 96.1 g/mol. The summed E-state index contributed by atoms with van der Waals surface area (Å²) in [6.45, 7) is -0.109. The van der Waals surface area contributed by atoms with E-state index >= 15 is 0 Å². The molecule has 0 heterocycles. The van der Waals surface area contributed by atoms with Gasteiger partial charge < -0.3 is 0 Å². The smallest absolute Gasteiger partial charge is 0.0854 e. The van der Waals surface area contributed by atoms with Gasteiger partial charge in [0, 0.05) is 6.42 Å². The van der Waals surface area contributed by atoms with Crippen LogP contribution in [0.3, 0.4) is 0 Å². The Hall–Kier alpha value is -0.480. The van der Waals surface area contributed by atoms with Crippen LogP contribution in [0.5, 0.6) is 0 Å². The largest absolute Gasteiger partial charge is 0.236 e. The van der Waals surface area contributed by atoms with Crippen molar-refractivity contribution in [1.82, 2.24) is 0 Å². The fourth-order valence-electron chi connectivity index (χ4n) is 0.269. The summed E-state index contributed by atoms with van der Waals surface area (Å²) in [6.07, 6.45) is 8.00. The van der Waals surface area contributed by atoms with Crippen LogP contribution in [0.25, 0.3) is 0 Å². The molecular formula is C6H8O. The van der Waals surface area contributed by atoms with E-state index < -0.39 is 0 Å². The number of unbranched alkanes of at least 4 members (excludes halogenated alkanes) is 2. The first-order valence-corrected chi connectivity index (χ1v) is 2.25. The van der Waals surface area contributed by atoms with E-state index in [1.807, 2.05) is 0 Å². The monoisotopic (exact) mass is 96.1 g/mol. The zero-order valence-corrected chi connectivity index (χ0v) is 4.18. The molecule has 0 aromatic heterocycles. The van der Waals surface area contributed by atoms with E-state index in [-0.39, 0.29) is 6.61 Å². The lowest BCUT2D eigenvalue weighted by atomic mass is 10.2. The van der Waals surface area contributed by atoms with Gasteiger partial charge in [0.05, 0.1) is 6.61 Å². The van der Waals surface area contributed by atoms with Crippen LogP contribution in [-0.4, -0.2) is 6.61 Å². The Morgan fingerprint density at radius 2 is 2.43 bits per heavy atom. The first-order valence-electron chi connectivity index (χ1n) is 2.25. The highest BCUT2D eigenvalue weighted by Crippen LogP contribution is 1.88. The fourth-order valence-corrected chi connectivity index (χ4v) is 0.269. The lowest BCUT2D eigenvalue weighted by Crippen LogP contribution is -1.79. The Bertz CT molecular complexity index is 61.1. The second-order valence-electron chi connectivity index (χ2n) is 1.20. The number of rotatable bonds is 3. The SMILES string of the molecule is C#CCC[CH]C[O]. The van der Waals surface area contributed by atoms with Gasteiger partial charge in [0.15, 0.2) is 0 Å². The predicted molar refractivity (Wildman–Crippen MR) is 27.9 cm³/mol. The molecule has 0 bridgehead atoms. The van der Waals surface area contributed by atoms with E-state index in [2.05, 4.69) is 5.92 Å². The van der Waals surface area contributed by atoms with Crippen molar-refractivity contribution in [1.29, 1.82) is 0 Å². The second kappa shape index (κ2) is 5.52. The lowest BCUT2D eigenvalue weighted by molar-refractivity contribution is 0.217. The Morgan fingerprint density at radius 1 is 1.71 bits per heavy atom. The maximum atomic E-state index is 9.68. The summed E-state index contributed by atoms with van der Waals surface area (Å²) < 4.78 is 0. The third-order valence-electron chi connectivity index (χ3n) is 0.611. The molecule has 0 saturated heterocycles. The van der Waals surface area contributed by atoms with Crippen molar-refractivity contribution in [3.8, 4) is 12.3 Å². The van der Waals surface area contributed by atoms with E-state index in [1.54, 1.807) is 6.42 Å². The van der Waals surface area contributed by atoms with Crippen molar-refractivity contribution in [2.45, 2.75) is 12.8 Å². The zero-order chi connectivity index (χ0) is 5.54. The fraction of sp³-hybridized carbons (Fsp3) is 0.500. The number of hydrogen-bond donors (Lipinski definition) is 0. The van der Waals surface area contributed by atoms with E-state index in [0.717, 1.165) is 6.42 Å². The summed E-state index contributed by atoms with van der Waals surface area (Å²) in [6, 6.07) is 0. The highest BCUT2D eigenvalue weighted by Gasteiger charge is 1.80. The van der Waals surface area contributed by atoms with Gasteiger partial charge in [-0.2, -0.15) is 0 Å². The van der Waals surface area contributed by atoms with Crippen molar-refractivity contribution < 1.29 is 5.11 Å². The summed E-state index contributed by atoms with van der Waals surface area (Å²) in [7, 11) is 0. The van der Waals surface area contributed by atoms with Crippen LogP contribution in [0, 0.1) is 18.8 Å². The van der Waals surface area contributed by atoms with Crippen LogP contribution in [0.2, 0.25) is 0 Å². The molecule has 0 aromatic carbocycles. The van der Waals surface area contributed by atoms with E-state index in [9.17, 15) is 5.11 Å². The van der Waals surface area contributed by atoms with Gasteiger partial charge in [-0.05, 0) is 12.8 Å². The number of terminal acetylenes is 1. The Balaban J connectivity index is 2.60. The molecule has 0 N–H and O–H groups in total. The maximum absolute atomic E-state index is 9.68. The molecule has 2 radical (unpaired) electrons. The molecule has 0 fully saturated rings. The van der Waals surface area contributed by atoms with Crippen molar-refractivity contribution in [2.24, 2.45) is 0 Å². The van der Waals surface area contributed by atoms with Crippen molar-refractivity contribution in [3.05, 3.63) is 6.42 Å². The zero-order valence-electron chi connectivity index (χ0n) is 4.18. The van der Waals surface area contributed by atoms with Gasteiger partial charge in [0.1, 0.15) is 0 Å². The highest BCUT2D eigenvalue weighted by molar-refractivity contribution is 4.85. The molecule has 0 rings (SSSR count). The topological polar surface area (TPSA) is 19.9 Å². The van der Waals surface area contributed by atoms with Crippen molar-refractivity contribution >= 4 is 0 Å². The van der Waals surface area contributed by atoms with Gasteiger partial charge in [0.2, 0.25) is 0 Å². The van der Waals surface area contributed by atoms with Gasteiger partial charge in [-0.15, -0.1) is 12.3 Å². The normalized spacial score (nSPS) is 8.00. The molecule has 0 aliphatic carbocycles. The molecule has 0 saturated carbocycles. The molecule has 0 atom stereocenters. The molecule has 0 unspecified atom stereocenters. The summed E-state index contributed by atoms with van der Waals surface area (Å²) in [5.41, 5.74) is 0. The molecule has 1 nitrogen and oxygen atoms in total. The average Bonchev–Trinajstić information content (AvgIpc) is 1.69. The second-order valence-corrected chi connectivity index (χ2v) is 1.20. The predicted octanol–water partition coefficient (Wildman–Crippen LogP) is 1.03. The summed E-state index contributed by atoms with van der Waals surface area (Å²) in [4.78, 5) is 0. The standard InChI is InChI=1S/C6H8O/c1-2-3-4-5-6-7/h1,5H,3-4,6H2. The molecular weight excluding hydrogens is 88.1 g/mol. The first kappa shape index (κ1) is 6.52. The molecule has 38 valence electrons. The van der Waals surface area contributed by atoms with E-state index in [1.165, 1.54) is 0 Å². The van der Waals surface area contributed by atoms with Gasteiger partial charge in [0.25, 0.3) is 0 Å². The van der Waals surface area contributed by atoms with Crippen LogP contribution >= 0.6 is 0 Å². The highest BCUT2D eigenvalue weighted by atomic mass is 16.2. The summed E-state index contributed by atoms with van der Waals surface area (Å²) in [5, 5.41) is 9.68. The van der Waals surface area contributed by atoms with Crippen LogP contribution < -0.4 is 0 Å². The van der Waals surface area contributed by atoms with Gasteiger partial charge in [-0.1, -0.05) is 0 Å². The van der Waals surface area contributed by atoms with Crippen LogP contribution in [0.1, 0.15) is 12.8 Å².